The molecule has 6 heteroatoms. The Morgan fingerprint density at radius 2 is 2.30 bits per heavy atom. The smallest absolute Gasteiger partial charge is 0.262 e. The normalized spacial score (nSPS) is 11.3. The summed E-state index contributed by atoms with van der Waals surface area (Å²) in [6.07, 6.45) is 0. The molecule has 0 fully saturated rings. The third-order valence-corrected chi connectivity index (χ3v) is 1.75. The van der Waals surface area contributed by atoms with Crippen LogP contribution in [-0.4, -0.2) is 13.0 Å². The van der Waals surface area contributed by atoms with Crippen LogP contribution in [0.15, 0.2) is 16.8 Å². The van der Waals surface area contributed by atoms with Gasteiger partial charge in [0.05, 0.1) is 0 Å². The van der Waals surface area contributed by atoms with E-state index in [2.05, 4.69) is 4.18 Å². The molecule has 0 aliphatic carbocycles. The van der Waals surface area contributed by atoms with Crippen molar-refractivity contribution in [3.63, 3.8) is 0 Å². The SMILES string of the molecule is O=S(=O)([O-])Oc1ccsc1. The van der Waals surface area contributed by atoms with E-state index in [1.807, 2.05) is 0 Å². The second kappa shape index (κ2) is 2.57. The summed E-state index contributed by atoms with van der Waals surface area (Å²) in [5, 5.41) is 3.04. The lowest BCUT2D eigenvalue weighted by Crippen LogP contribution is -2.05. The van der Waals surface area contributed by atoms with E-state index in [0.717, 1.165) is 0 Å². The van der Waals surface area contributed by atoms with Crippen molar-refractivity contribution in [3.8, 4) is 5.75 Å². The van der Waals surface area contributed by atoms with E-state index in [0.29, 0.717) is 0 Å². The molecule has 0 N–H and O–H groups in total. The first-order valence-corrected chi connectivity index (χ1v) is 4.53. The molecule has 0 saturated heterocycles. The van der Waals surface area contributed by atoms with Crippen LogP contribution in [0.5, 0.6) is 5.75 Å². The molecule has 1 aromatic rings. The van der Waals surface area contributed by atoms with Crippen LogP contribution in [0.2, 0.25) is 0 Å². The third-order valence-electron chi connectivity index (χ3n) is 0.693. The summed E-state index contributed by atoms with van der Waals surface area (Å²) in [4.78, 5) is 0. The zero-order chi connectivity index (χ0) is 7.61. The van der Waals surface area contributed by atoms with E-state index in [1.54, 1.807) is 5.38 Å². The van der Waals surface area contributed by atoms with Gasteiger partial charge in [0, 0.05) is 5.38 Å². The van der Waals surface area contributed by atoms with Crippen molar-refractivity contribution in [2.24, 2.45) is 0 Å². The maximum absolute atomic E-state index is 9.93. The van der Waals surface area contributed by atoms with Gasteiger partial charge in [0.1, 0.15) is 0 Å². The quantitative estimate of drug-likeness (QED) is 0.492. The largest absolute Gasteiger partial charge is 0.716 e. The first-order chi connectivity index (χ1) is 4.58. The third kappa shape index (κ3) is 2.34. The van der Waals surface area contributed by atoms with E-state index < -0.39 is 10.4 Å². The lowest BCUT2D eigenvalue weighted by Gasteiger charge is -2.05. The molecule has 0 aliphatic rings. The number of thiophene rings is 1. The second-order valence-electron chi connectivity index (χ2n) is 1.45. The van der Waals surface area contributed by atoms with Crippen molar-refractivity contribution in [2.75, 3.05) is 0 Å². The monoisotopic (exact) mass is 179 g/mol. The Bertz CT molecular complexity index is 285. The van der Waals surface area contributed by atoms with Crippen LogP contribution in [0.1, 0.15) is 0 Å². The molecule has 1 aromatic heterocycles. The number of rotatable bonds is 2. The lowest BCUT2D eigenvalue weighted by atomic mass is 10.6. The Hall–Kier alpha value is -0.590. The van der Waals surface area contributed by atoms with Gasteiger partial charge in [0.2, 0.25) is 0 Å². The van der Waals surface area contributed by atoms with E-state index in [-0.39, 0.29) is 5.75 Å². The van der Waals surface area contributed by atoms with Crippen molar-refractivity contribution in [1.29, 1.82) is 0 Å². The molecule has 1 rings (SSSR count). The Morgan fingerprint density at radius 1 is 1.60 bits per heavy atom. The molecule has 0 amide bonds. The van der Waals surface area contributed by atoms with Crippen LogP contribution >= 0.6 is 11.3 Å². The van der Waals surface area contributed by atoms with Gasteiger partial charge in [-0.25, -0.2) is 8.42 Å². The molecule has 0 aromatic carbocycles. The molecular weight excluding hydrogens is 176 g/mol. The molecule has 0 saturated carbocycles. The van der Waals surface area contributed by atoms with E-state index in [9.17, 15) is 13.0 Å². The summed E-state index contributed by atoms with van der Waals surface area (Å²) in [6.45, 7) is 0. The minimum Gasteiger partial charge on any atom is -0.716 e. The summed E-state index contributed by atoms with van der Waals surface area (Å²) < 4.78 is 33.7. The standard InChI is InChI=1S/C4H4O4S2/c5-10(6,7)8-4-1-2-9-3-4/h1-3H,(H,5,6,7)/p-1. The molecule has 1 heterocycles. The highest BCUT2D eigenvalue weighted by Crippen LogP contribution is 2.15. The highest BCUT2D eigenvalue weighted by atomic mass is 32.3. The molecule has 0 atom stereocenters. The summed E-state index contributed by atoms with van der Waals surface area (Å²) in [5.41, 5.74) is 0. The van der Waals surface area contributed by atoms with Crippen LogP contribution in [0.3, 0.4) is 0 Å². The van der Waals surface area contributed by atoms with Gasteiger partial charge in [-0.1, -0.05) is 0 Å². The second-order valence-corrected chi connectivity index (χ2v) is 3.21. The molecule has 56 valence electrons. The summed E-state index contributed by atoms with van der Waals surface area (Å²) in [5.74, 6) is 0.0694. The fourth-order valence-electron chi connectivity index (χ4n) is 0.417. The minimum absolute atomic E-state index is 0.0694. The van der Waals surface area contributed by atoms with Crippen molar-refractivity contribution in [2.45, 2.75) is 0 Å². The fraction of sp³-hybridized carbons (Fsp3) is 0. The maximum Gasteiger partial charge on any atom is 0.262 e. The Morgan fingerprint density at radius 3 is 2.70 bits per heavy atom. The van der Waals surface area contributed by atoms with Gasteiger partial charge < -0.3 is 8.74 Å². The van der Waals surface area contributed by atoms with E-state index >= 15 is 0 Å². The molecule has 0 bridgehead atoms. The van der Waals surface area contributed by atoms with Crippen LogP contribution in [0, 0.1) is 0 Å². The van der Waals surface area contributed by atoms with E-state index in [4.69, 9.17) is 0 Å². The minimum atomic E-state index is -4.59. The highest BCUT2D eigenvalue weighted by molar-refractivity contribution is 7.81. The van der Waals surface area contributed by atoms with Gasteiger partial charge >= 0.3 is 0 Å². The predicted octanol–water partition coefficient (Wildman–Crippen LogP) is 0.587. The zero-order valence-corrected chi connectivity index (χ0v) is 6.31. The summed E-state index contributed by atoms with van der Waals surface area (Å²) >= 11 is 1.25. The average molecular weight is 179 g/mol. The Balaban J connectivity index is 2.75. The van der Waals surface area contributed by atoms with Gasteiger partial charge in [-0.15, -0.1) is 11.3 Å². The van der Waals surface area contributed by atoms with Crippen LogP contribution in [0.4, 0.5) is 0 Å². The van der Waals surface area contributed by atoms with Crippen LogP contribution in [0.25, 0.3) is 0 Å². The number of hydrogen-bond acceptors (Lipinski definition) is 5. The molecule has 0 spiro atoms. The first-order valence-electron chi connectivity index (χ1n) is 2.25. The molecule has 0 unspecified atom stereocenters. The molecule has 4 nitrogen and oxygen atoms in total. The van der Waals surface area contributed by atoms with Crippen molar-refractivity contribution in [1.82, 2.24) is 0 Å². The zero-order valence-electron chi connectivity index (χ0n) is 4.68. The van der Waals surface area contributed by atoms with Crippen LogP contribution in [-0.2, 0) is 10.4 Å². The Labute approximate surface area is 62.0 Å². The van der Waals surface area contributed by atoms with Gasteiger partial charge in [0.25, 0.3) is 10.4 Å². The first kappa shape index (κ1) is 7.52. The van der Waals surface area contributed by atoms with Gasteiger partial charge in [-0.05, 0) is 11.4 Å². The molecule has 10 heavy (non-hydrogen) atoms. The lowest BCUT2D eigenvalue weighted by molar-refractivity contribution is 0.373. The topological polar surface area (TPSA) is 66.4 Å². The van der Waals surface area contributed by atoms with Crippen molar-refractivity contribution in [3.05, 3.63) is 16.8 Å². The molecule has 0 radical (unpaired) electrons. The highest BCUT2D eigenvalue weighted by Gasteiger charge is 1.96. The number of hydrogen-bond donors (Lipinski definition) is 0. The van der Waals surface area contributed by atoms with Crippen LogP contribution < -0.4 is 4.18 Å². The Kier molecular flexibility index (Phi) is 1.93. The van der Waals surface area contributed by atoms with Crippen molar-refractivity contribution < 1.29 is 17.2 Å². The summed E-state index contributed by atoms with van der Waals surface area (Å²) in [7, 11) is -4.59. The van der Waals surface area contributed by atoms with E-state index in [1.165, 1.54) is 22.8 Å². The molecule has 0 aliphatic heterocycles. The van der Waals surface area contributed by atoms with Crippen molar-refractivity contribution >= 4 is 21.7 Å². The fourth-order valence-corrected chi connectivity index (χ4v) is 1.37. The molecular formula is C4H3O4S2-. The predicted molar refractivity (Wildman–Crippen MR) is 34.6 cm³/mol. The van der Waals surface area contributed by atoms with Gasteiger partial charge in [-0.2, -0.15) is 0 Å². The van der Waals surface area contributed by atoms with Gasteiger partial charge in [-0.3, -0.25) is 0 Å². The maximum atomic E-state index is 9.93. The van der Waals surface area contributed by atoms with Gasteiger partial charge in [0.15, 0.2) is 5.75 Å². The summed E-state index contributed by atoms with van der Waals surface area (Å²) in [6, 6.07) is 1.40. The average Bonchev–Trinajstić information content (AvgIpc) is 2.12.